The second kappa shape index (κ2) is 8.31. The zero-order valence-electron chi connectivity index (χ0n) is 15.6. The largest absolute Gasteiger partial charge is 0.381 e. The van der Waals surface area contributed by atoms with Crippen molar-refractivity contribution in [1.82, 2.24) is 15.3 Å². The van der Waals surface area contributed by atoms with Crippen LogP contribution in [0.5, 0.6) is 0 Å². The summed E-state index contributed by atoms with van der Waals surface area (Å²) < 4.78 is 19.4. The van der Waals surface area contributed by atoms with Gasteiger partial charge in [0.25, 0.3) is 0 Å². The summed E-state index contributed by atoms with van der Waals surface area (Å²) in [6.07, 6.45) is 7.57. The van der Waals surface area contributed by atoms with E-state index in [9.17, 15) is 4.39 Å². The first-order chi connectivity index (χ1) is 13.3. The first-order valence-electron chi connectivity index (χ1n) is 9.84. The molecule has 1 aromatic heterocycles. The van der Waals surface area contributed by atoms with Crippen LogP contribution in [-0.2, 0) is 10.2 Å². The maximum absolute atomic E-state index is 13.8. The van der Waals surface area contributed by atoms with Crippen LogP contribution in [0.1, 0.15) is 31.2 Å². The highest BCUT2D eigenvalue weighted by Crippen LogP contribution is 2.35. The van der Waals surface area contributed by atoms with Gasteiger partial charge in [-0.2, -0.15) is 0 Å². The van der Waals surface area contributed by atoms with Crippen molar-refractivity contribution in [1.29, 1.82) is 0 Å². The van der Waals surface area contributed by atoms with Crippen molar-refractivity contribution in [2.24, 2.45) is 0 Å². The summed E-state index contributed by atoms with van der Waals surface area (Å²) >= 11 is 0. The first kappa shape index (κ1) is 18.3. The molecule has 2 saturated heterocycles. The van der Waals surface area contributed by atoms with Crippen LogP contribution in [0.2, 0.25) is 0 Å². The number of anilines is 1. The summed E-state index contributed by atoms with van der Waals surface area (Å²) in [7, 11) is 0. The Bertz CT molecular complexity index is 728. The Balaban J connectivity index is 1.38. The average Bonchev–Trinajstić information content (AvgIpc) is 2.74. The van der Waals surface area contributed by atoms with E-state index >= 15 is 0 Å². The van der Waals surface area contributed by atoms with Crippen LogP contribution >= 0.6 is 0 Å². The van der Waals surface area contributed by atoms with Crippen molar-refractivity contribution in [3.63, 3.8) is 0 Å². The molecule has 0 spiro atoms. The predicted octanol–water partition coefficient (Wildman–Crippen LogP) is 2.92. The average molecular weight is 370 g/mol. The lowest BCUT2D eigenvalue weighted by Crippen LogP contribution is -2.49. The van der Waals surface area contributed by atoms with Crippen LogP contribution in [0.3, 0.4) is 0 Å². The third-order valence-electron chi connectivity index (χ3n) is 5.95. The van der Waals surface area contributed by atoms with Gasteiger partial charge in [0, 0.05) is 56.7 Å². The summed E-state index contributed by atoms with van der Waals surface area (Å²) in [5, 5.41) is 3.78. The number of nitrogens with zero attached hydrogens (tertiary/aromatic N) is 3. The Labute approximate surface area is 160 Å². The van der Waals surface area contributed by atoms with Gasteiger partial charge in [0.05, 0.1) is 0 Å². The molecular formula is C21H27FN4O. The predicted molar refractivity (Wildman–Crippen MR) is 103 cm³/mol. The number of hydrogen-bond donors (Lipinski definition) is 1. The van der Waals surface area contributed by atoms with Gasteiger partial charge < -0.3 is 15.0 Å². The standard InChI is InChI=1S/C21H27FN4O/c22-18-4-1-3-17(15-18)21(7-13-27-14-8-21)16-25-19-5-11-26(12-6-19)20-23-9-2-10-24-20/h1-4,9-10,15,19,25H,5-8,11-14,16H2. The Morgan fingerprint density at radius 1 is 1.11 bits per heavy atom. The highest BCUT2D eigenvalue weighted by atomic mass is 19.1. The van der Waals surface area contributed by atoms with Gasteiger partial charge in [0.2, 0.25) is 5.95 Å². The van der Waals surface area contributed by atoms with E-state index < -0.39 is 0 Å². The summed E-state index contributed by atoms with van der Waals surface area (Å²) in [5.74, 6) is 0.658. The lowest BCUT2D eigenvalue weighted by molar-refractivity contribution is 0.0484. The fourth-order valence-corrected chi connectivity index (χ4v) is 4.23. The molecule has 0 bridgehead atoms. The lowest BCUT2D eigenvalue weighted by Gasteiger charge is -2.40. The van der Waals surface area contributed by atoms with Crippen LogP contribution in [0.25, 0.3) is 0 Å². The summed E-state index contributed by atoms with van der Waals surface area (Å²) in [5.41, 5.74) is 1.05. The zero-order chi connectivity index (χ0) is 18.5. The molecule has 0 radical (unpaired) electrons. The van der Waals surface area contributed by atoms with Gasteiger partial charge in [-0.3, -0.25) is 0 Å². The minimum atomic E-state index is -0.158. The summed E-state index contributed by atoms with van der Waals surface area (Å²) in [4.78, 5) is 10.9. The number of piperidine rings is 1. The minimum absolute atomic E-state index is 0.0416. The van der Waals surface area contributed by atoms with Crippen molar-refractivity contribution in [2.45, 2.75) is 37.1 Å². The van der Waals surface area contributed by atoms with E-state index in [0.29, 0.717) is 6.04 Å². The van der Waals surface area contributed by atoms with E-state index in [0.717, 1.165) is 70.0 Å². The molecular weight excluding hydrogens is 343 g/mol. The fourth-order valence-electron chi connectivity index (χ4n) is 4.23. The topological polar surface area (TPSA) is 50.3 Å². The molecule has 2 fully saturated rings. The lowest BCUT2D eigenvalue weighted by atomic mass is 9.74. The fraction of sp³-hybridized carbons (Fsp3) is 0.524. The smallest absolute Gasteiger partial charge is 0.225 e. The van der Waals surface area contributed by atoms with Crippen molar-refractivity contribution >= 4 is 5.95 Å². The molecule has 0 unspecified atom stereocenters. The molecule has 0 atom stereocenters. The number of benzene rings is 1. The summed E-state index contributed by atoms with van der Waals surface area (Å²) in [6, 6.07) is 9.41. The highest BCUT2D eigenvalue weighted by molar-refractivity contribution is 5.30. The van der Waals surface area contributed by atoms with Crippen LogP contribution in [-0.4, -0.2) is 48.9 Å². The van der Waals surface area contributed by atoms with Crippen LogP contribution in [0.4, 0.5) is 10.3 Å². The third kappa shape index (κ3) is 4.28. The zero-order valence-corrected chi connectivity index (χ0v) is 15.6. The van der Waals surface area contributed by atoms with Crippen molar-refractivity contribution in [3.05, 3.63) is 54.1 Å². The molecule has 0 saturated carbocycles. The van der Waals surface area contributed by atoms with Gasteiger partial charge in [0.1, 0.15) is 5.82 Å². The van der Waals surface area contributed by atoms with Crippen LogP contribution in [0.15, 0.2) is 42.7 Å². The Morgan fingerprint density at radius 3 is 2.56 bits per heavy atom. The van der Waals surface area contributed by atoms with E-state index in [1.165, 1.54) is 6.07 Å². The molecule has 1 N–H and O–H groups in total. The maximum Gasteiger partial charge on any atom is 0.225 e. The molecule has 2 aliphatic rings. The molecule has 5 nitrogen and oxygen atoms in total. The number of aromatic nitrogens is 2. The van der Waals surface area contributed by atoms with Gasteiger partial charge in [0.15, 0.2) is 0 Å². The molecule has 1 aromatic carbocycles. The van der Waals surface area contributed by atoms with Crippen LogP contribution < -0.4 is 10.2 Å². The third-order valence-corrected chi connectivity index (χ3v) is 5.95. The molecule has 4 rings (SSSR count). The minimum Gasteiger partial charge on any atom is -0.381 e. The Kier molecular flexibility index (Phi) is 5.64. The normalized spacial score (nSPS) is 20.6. The monoisotopic (exact) mass is 370 g/mol. The van der Waals surface area contributed by atoms with E-state index in [-0.39, 0.29) is 11.2 Å². The highest BCUT2D eigenvalue weighted by Gasteiger charge is 2.35. The number of halogens is 1. The quantitative estimate of drug-likeness (QED) is 0.877. The molecule has 0 amide bonds. The van der Waals surface area contributed by atoms with E-state index in [4.69, 9.17) is 4.74 Å². The molecule has 6 heteroatoms. The van der Waals surface area contributed by atoms with Gasteiger partial charge in [-0.25, -0.2) is 14.4 Å². The van der Waals surface area contributed by atoms with E-state index in [1.807, 2.05) is 12.1 Å². The summed E-state index contributed by atoms with van der Waals surface area (Å²) in [6.45, 7) is 4.26. The molecule has 27 heavy (non-hydrogen) atoms. The molecule has 2 aromatic rings. The van der Waals surface area contributed by atoms with Gasteiger partial charge >= 0.3 is 0 Å². The second-order valence-electron chi connectivity index (χ2n) is 7.59. The van der Waals surface area contributed by atoms with Gasteiger partial charge in [-0.05, 0) is 49.4 Å². The first-order valence-corrected chi connectivity index (χ1v) is 9.84. The Morgan fingerprint density at radius 2 is 1.85 bits per heavy atom. The van der Waals surface area contributed by atoms with E-state index in [2.05, 4.69) is 26.3 Å². The second-order valence-corrected chi connectivity index (χ2v) is 7.59. The van der Waals surface area contributed by atoms with Crippen molar-refractivity contribution < 1.29 is 9.13 Å². The molecule has 0 aliphatic carbocycles. The molecule has 2 aliphatic heterocycles. The Hall–Kier alpha value is -2.05. The van der Waals surface area contributed by atoms with E-state index in [1.54, 1.807) is 18.5 Å². The van der Waals surface area contributed by atoms with Crippen LogP contribution in [0, 0.1) is 5.82 Å². The SMILES string of the molecule is Fc1cccc(C2(CNC3CCN(c4ncccn4)CC3)CCOCC2)c1. The number of ether oxygens (including phenoxy) is 1. The van der Waals surface area contributed by atoms with Gasteiger partial charge in [-0.15, -0.1) is 0 Å². The van der Waals surface area contributed by atoms with Crippen molar-refractivity contribution in [3.8, 4) is 0 Å². The van der Waals surface area contributed by atoms with Crippen molar-refractivity contribution in [2.75, 3.05) is 37.7 Å². The van der Waals surface area contributed by atoms with Gasteiger partial charge in [-0.1, -0.05) is 12.1 Å². The number of rotatable bonds is 5. The number of nitrogens with one attached hydrogen (secondary N) is 1. The molecule has 3 heterocycles. The molecule has 144 valence electrons. The number of hydrogen-bond acceptors (Lipinski definition) is 5. The maximum atomic E-state index is 13.8.